The Morgan fingerprint density at radius 3 is 1.34 bits per heavy atom. The number of carbonyl (C=O) groups is 4. The second kappa shape index (κ2) is 32.0. The van der Waals surface area contributed by atoms with Crippen LogP contribution in [-0.4, -0.2) is 96.1 Å². The average molecular weight is 927 g/mol. The number of carbonyl (C=O) groups excluding carboxylic acids is 4. The number of esters is 4. The number of nitrogens with zero attached hydrogens (tertiary/aromatic N) is 4. The number of piperidine rings is 3. The van der Waals surface area contributed by atoms with Gasteiger partial charge in [0.05, 0.1) is 0 Å². The Kier molecular flexibility index (Phi) is 36.0. The topological polar surface area (TPSA) is 262 Å². The summed E-state index contributed by atoms with van der Waals surface area (Å²) in [6, 6.07) is 0. The van der Waals surface area contributed by atoms with Crippen LogP contribution < -0.4 is 0 Å². The van der Waals surface area contributed by atoms with Crippen LogP contribution in [0.2, 0.25) is 0 Å². The van der Waals surface area contributed by atoms with Gasteiger partial charge in [-0.3, -0.25) is 14.4 Å². The predicted molar refractivity (Wildman–Crippen MR) is 177 cm³/mol. The van der Waals surface area contributed by atoms with Crippen LogP contribution in [0.15, 0.2) is 23.9 Å². The van der Waals surface area contributed by atoms with Crippen molar-refractivity contribution in [2.75, 3.05) is 72.2 Å². The standard InChI is InChI=1S/C29H41N4O8.2ClH.4Co.3H2N/c34-25(21-5-1-9-30-13-21)38-17-29(18-39-26(35)22-6-2-10-31-14-22,19-40-27(36)23-7-3-11-32-15-23)20-41-28(37)24-8-4-12-33-16-24;;;;;;;;;/h1,5,13,22-24H,2-4,6-12,14-20H2,(H,30,34);2*1H;;;;;3*1H2/q-3;;;;;;+2;3*-1/p-3. The third kappa shape index (κ3) is 20.1. The zero-order chi connectivity index (χ0) is 31.6. The van der Waals surface area contributed by atoms with E-state index in [1.807, 2.05) is 0 Å². The molecule has 0 aromatic carbocycles. The normalized spacial score (nSPS) is 21.7. The van der Waals surface area contributed by atoms with E-state index in [9.17, 15) is 19.2 Å². The molecule has 0 aromatic heterocycles. The number of halogens is 2. The Balaban J connectivity index is -0.00000113. The summed E-state index contributed by atoms with van der Waals surface area (Å²) >= 11 is 0.382. The van der Waals surface area contributed by atoms with Crippen LogP contribution in [0.25, 0.3) is 39.7 Å². The summed E-state index contributed by atoms with van der Waals surface area (Å²) in [7, 11) is 9.47. The van der Waals surface area contributed by atoms with Crippen LogP contribution in [0.5, 0.6) is 0 Å². The van der Waals surface area contributed by atoms with Gasteiger partial charge in [0.15, 0.2) is 0 Å². The molecule has 4 aliphatic rings. The minimum absolute atomic E-state index is 0. The maximum Gasteiger partial charge on any atom is 0 e. The molecule has 50 heavy (non-hydrogen) atoms. The summed E-state index contributed by atoms with van der Waals surface area (Å²) in [5.74, 6) is -3.06. The van der Waals surface area contributed by atoms with Gasteiger partial charge in [0.1, 0.15) is 31.8 Å². The van der Waals surface area contributed by atoms with Gasteiger partial charge in [-0.1, -0.05) is 25.3 Å². The van der Waals surface area contributed by atoms with E-state index in [0.717, 1.165) is 19.3 Å². The molecule has 0 saturated carbocycles. The summed E-state index contributed by atoms with van der Waals surface area (Å²) in [5, 5.41) is 17.0. The van der Waals surface area contributed by atoms with Crippen molar-refractivity contribution in [2.45, 2.75) is 38.5 Å². The Labute approximate surface area is 340 Å². The maximum atomic E-state index is 12.9. The van der Waals surface area contributed by atoms with E-state index < -0.39 is 29.3 Å². The summed E-state index contributed by atoms with van der Waals surface area (Å²) in [5.41, 5.74) is -1.07. The van der Waals surface area contributed by atoms with Gasteiger partial charge in [-0.05, 0) is 19.3 Å². The van der Waals surface area contributed by atoms with E-state index in [2.05, 4.69) is 21.3 Å². The van der Waals surface area contributed by atoms with Crippen LogP contribution >= 0.6 is 20.3 Å². The van der Waals surface area contributed by atoms with Crippen molar-refractivity contribution in [1.29, 1.82) is 0 Å². The number of ether oxygens (including phenoxy) is 4. The van der Waals surface area contributed by atoms with Gasteiger partial charge in [0.25, 0.3) is 0 Å². The summed E-state index contributed by atoms with van der Waals surface area (Å²) in [6.45, 7) is 2.61. The molecule has 3 atom stereocenters. The predicted octanol–water partition coefficient (Wildman–Crippen LogP) is 6.84. The van der Waals surface area contributed by atoms with Crippen LogP contribution in [0.1, 0.15) is 38.5 Å². The van der Waals surface area contributed by atoms with Crippen LogP contribution in [-0.2, 0) is 101 Å². The first-order valence-electron chi connectivity index (χ1n) is 14.8. The van der Waals surface area contributed by atoms with Crippen molar-refractivity contribution in [3.05, 3.63) is 63.6 Å². The number of rotatable bonds is 12. The van der Waals surface area contributed by atoms with Gasteiger partial charge in [-0.15, -0.1) is 51.9 Å². The Hall–Kier alpha value is -0.474. The van der Waals surface area contributed by atoms with E-state index in [1.54, 1.807) is 12.2 Å². The molecule has 21 heteroatoms. The first-order valence-corrected chi connectivity index (χ1v) is 17.7. The summed E-state index contributed by atoms with van der Waals surface area (Å²) in [6.07, 6.45) is 9.14. The van der Waals surface area contributed by atoms with Crippen molar-refractivity contribution >= 4 is 44.2 Å². The van der Waals surface area contributed by atoms with Gasteiger partial charge in [-0.2, -0.15) is 6.20 Å². The van der Waals surface area contributed by atoms with Crippen LogP contribution in [0.4, 0.5) is 0 Å². The molecule has 3 saturated heterocycles. The fourth-order valence-corrected chi connectivity index (χ4v) is 5.07. The third-order valence-electron chi connectivity index (χ3n) is 7.70. The smallest absolute Gasteiger partial charge is 0 e. The number of hydrogen-bond donors (Lipinski definition) is 0. The molecule has 3 radical (unpaired) electrons. The van der Waals surface area contributed by atoms with E-state index >= 15 is 0 Å². The van der Waals surface area contributed by atoms with Crippen LogP contribution in [0, 0.1) is 23.2 Å². The quantitative estimate of drug-likeness (QED) is 0.147. The monoisotopic (exact) mass is 926 g/mol. The SMILES string of the molecule is O=C(OCC(COC(=O)C1CCC[N-]C1)(COC(=O)C1CCC[N-]C1)COC(=O)C1CCC[N-]C1)C1=C[N-]CC=C1.[Cl][Co][Cl].[Co].[Co].[Co].[NH2-].[NH2-].[NH2-]. The van der Waals surface area contributed by atoms with Gasteiger partial charge < -0.3 is 58.7 Å². The summed E-state index contributed by atoms with van der Waals surface area (Å²) < 4.78 is 22.8. The van der Waals surface area contributed by atoms with Crippen LogP contribution in [0.3, 0.4) is 0 Å². The molecule has 0 spiro atoms. The Morgan fingerprint density at radius 2 is 1.04 bits per heavy atom. The van der Waals surface area contributed by atoms with Crippen molar-refractivity contribution in [2.24, 2.45) is 23.2 Å². The molecule has 0 aliphatic carbocycles. The molecule has 15 nitrogen and oxygen atoms in total. The van der Waals surface area contributed by atoms with Gasteiger partial charge in [0.2, 0.25) is 0 Å². The molecule has 3 fully saturated rings. The molecule has 4 aliphatic heterocycles. The maximum absolute atomic E-state index is 12.9. The molecule has 4 heterocycles. The fourth-order valence-electron chi connectivity index (χ4n) is 5.07. The van der Waals surface area contributed by atoms with Gasteiger partial charge in [-0.25, -0.2) is 4.79 Å². The molecular formula is C29H46Cl2Co4N7O8-7. The van der Waals surface area contributed by atoms with E-state index in [-0.39, 0.29) is 119 Å². The van der Waals surface area contributed by atoms with Gasteiger partial charge in [0, 0.05) is 73.7 Å². The fraction of sp³-hybridized carbons (Fsp3) is 0.724. The second-order valence-electron chi connectivity index (χ2n) is 11.2. The number of nitrogens with two attached hydrogens (primary N) is 3. The van der Waals surface area contributed by atoms with Crippen molar-refractivity contribution in [3.8, 4) is 0 Å². The van der Waals surface area contributed by atoms with Gasteiger partial charge >= 0.3 is 57.1 Å². The average Bonchev–Trinajstić information content (AvgIpc) is 3.09. The summed E-state index contributed by atoms with van der Waals surface area (Å²) in [4.78, 5) is 51.7. The largest absolute Gasteiger partial charge is 0.693 e. The molecule has 302 valence electrons. The van der Waals surface area contributed by atoms with Crippen molar-refractivity contribution < 1.29 is 101 Å². The molecular weight excluding hydrogens is 881 g/mol. The molecule has 3 unspecified atom stereocenters. The first kappa shape index (κ1) is 56.3. The first-order chi connectivity index (χ1) is 21.4. The molecule has 6 N–H and O–H groups in total. The minimum atomic E-state index is -1.32. The zero-order valence-electron chi connectivity index (χ0n) is 27.4. The Morgan fingerprint density at radius 1 is 0.680 bits per heavy atom. The van der Waals surface area contributed by atoms with E-state index in [0.29, 0.717) is 78.0 Å². The van der Waals surface area contributed by atoms with Crippen molar-refractivity contribution in [3.63, 3.8) is 0 Å². The molecule has 0 amide bonds. The minimum Gasteiger partial charge on any atom is -0.693 e. The Bertz CT molecular complexity index is 939. The van der Waals surface area contributed by atoms with Crippen molar-refractivity contribution in [1.82, 2.24) is 0 Å². The number of hydrogen-bond acceptors (Lipinski definition) is 8. The zero-order valence-corrected chi connectivity index (χ0v) is 33.0. The third-order valence-corrected chi connectivity index (χ3v) is 7.70. The molecule has 0 aromatic rings. The van der Waals surface area contributed by atoms with E-state index in [4.69, 9.17) is 39.2 Å². The molecule has 4 rings (SSSR count). The molecule has 0 bridgehead atoms. The second-order valence-corrected chi connectivity index (χ2v) is 12.9. The van der Waals surface area contributed by atoms with E-state index in [1.165, 1.54) is 6.20 Å².